The number of ether oxygens (including phenoxy) is 2. The zero-order chi connectivity index (χ0) is 18.9. The minimum atomic E-state index is -1.07. The Morgan fingerprint density at radius 2 is 2.00 bits per heavy atom. The molecular weight excluding hydrogens is 316 g/mol. The summed E-state index contributed by atoms with van der Waals surface area (Å²) in [6.07, 6.45) is 2.92. The lowest BCUT2D eigenvalue weighted by atomic mass is 9.47. The number of aliphatic hydroxyl groups excluding tert-OH is 1. The predicted octanol–water partition coefficient (Wildman–Crippen LogP) is 3.42. The van der Waals surface area contributed by atoms with Crippen molar-refractivity contribution in [2.75, 3.05) is 7.11 Å². The molecule has 0 radical (unpaired) electrons. The molecule has 0 aromatic carbocycles. The van der Waals surface area contributed by atoms with Crippen molar-refractivity contribution in [1.29, 1.82) is 0 Å². The molecule has 25 heavy (non-hydrogen) atoms. The van der Waals surface area contributed by atoms with Gasteiger partial charge in [0.05, 0.1) is 25.4 Å². The Labute approximate surface area is 150 Å². The van der Waals surface area contributed by atoms with E-state index in [0.29, 0.717) is 5.57 Å². The van der Waals surface area contributed by atoms with Gasteiger partial charge in [-0.1, -0.05) is 38.2 Å². The molecule has 1 unspecified atom stereocenters. The molecule has 1 saturated heterocycles. The molecule has 0 amide bonds. The van der Waals surface area contributed by atoms with E-state index < -0.39 is 17.5 Å². The van der Waals surface area contributed by atoms with Crippen LogP contribution in [0, 0.1) is 22.2 Å². The molecule has 4 heteroatoms. The van der Waals surface area contributed by atoms with Crippen LogP contribution in [0.5, 0.6) is 0 Å². The molecule has 1 heterocycles. The Morgan fingerprint density at radius 1 is 1.40 bits per heavy atom. The molecule has 0 bridgehead atoms. The number of aliphatic hydroxyl groups is 1. The quantitative estimate of drug-likeness (QED) is 0.615. The smallest absolute Gasteiger partial charge is 0.315 e. The summed E-state index contributed by atoms with van der Waals surface area (Å²) >= 11 is 0. The highest BCUT2D eigenvalue weighted by Crippen LogP contribution is 2.72. The maximum atomic E-state index is 12.8. The molecule has 4 nitrogen and oxygen atoms in total. The van der Waals surface area contributed by atoms with Crippen LogP contribution < -0.4 is 0 Å². The Hall–Kier alpha value is -1.39. The molecule has 2 aliphatic carbocycles. The number of allylic oxidation sites excluding steroid dienone is 2. The molecule has 3 rings (SSSR count). The lowest BCUT2D eigenvalue weighted by Gasteiger charge is -2.55. The molecule has 0 spiro atoms. The van der Waals surface area contributed by atoms with Crippen LogP contribution in [0.1, 0.15) is 41.5 Å². The lowest BCUT2D eigenvalue weighted by molar-refractivity contribution is -0.175. The fourth-order valence-corrected chi connectivity index (χ4v) is 6.14. The number of rotatable bonds is 2. The van der Waals surface area contributed by atoms with Crippen molar-refractivity contribution in [2.45, 2.75) is 59.9 Å². The van der Waals surface area contributed by atoms with Crippen LogP contribution in [0.25, 0.3) is 0 Å². The van der Waals surface area contributed by atoms with Crippen LogP contribution in [-0.2, 0) is 14.3 Å². The van der Waals surface area contributed by atoms with E-state index in [1.807, 2.05) is 6.92 Å². The van der Waals surface area contributed by atoms with Crippen LogP contribution in [0.4, 0.5) is 0 Å². The Bertz CT molecular complexity index is 705. The molecule has 1 saturated carbocycles. The first kappa shape index (κ1) is 18.4. The van der Waals surface area contributed by atoms with Crippen LogP contribution in [-0.4, -0.2) is 36.5 Å². The summed E-state index contributed by atoms with van der Waals surface area (Å²) in [5.74, 6) is -0.563. The standard InChI is InChI=1S/C21H30O4/c1-9-11(2)16-19(5)10-12(3)14-20(6,18(23)24-8)15(22)13(4)17(25-16)21(14,19)7/h9-10,14-17,22H,4H2,1-3,5-8H3/b11-9+/t14-,15-,16+,17?,19+,20+,21-/m1/s1. The van der Waals surface area contributed by atoms with Gasteiger partial charge in [-0.3, -0.25) is 4.79 Å². The van der Waals surface area contributed by atoms with Crippen LogP contribution in [0.15, 0.2) is 35.5 Å². The second kappa shape index (κ2) is 5.31. The zero-order valence-corrected chi connectivity index (χ0v) is 16.3. The van der Waals surface area contributed by atoms with E-state index in [-0.39, 0.29) is 29.0 Å². The fourth-order valence-electron chi connectivity index (χ4n) is 6.14. The minimum absolute atomic E-state index is 0.101. The Kier molecular flexibility index (Phi) is 3.91. The van der Waals surface area contributed by atoms with Gasteiger partial charge in [-0.25, -0.2) is 0 Å². The van der Waals surface area contributed by atoms with Gasteiger partial charge in [-0.05, 0) is 38.8 Å². The van der Waals surface area contributed by atoms with Crippen molar-refractivity contribution >= 4 is 5.97 Å². The first-order chi connectivity index (χ1) is 11.5. The SMILES string of the molecule is C=C1C2O[C@@H](/C(C)=C/C)[C@]3(C)C=C(C)[C@H]([C@](C)(C(=O)OC)[C@@H]1O)[C@]23C. The summed E-state index contributed by atoms with van der Waals surface area (Å²) in [5.41, 5.74) is 1.13. The van der Waals surface area contributed by atoms with E-state index in [2.05, 4.69) is 46.4 Å². The van der Waals surface area contributed by atoms with Gasteiger partial charge in [0.1, 0.15) is 5.41 Å². The average Bonchev–Trinajstić information content (AvgIpc) is 2.92. The number of hydrogen-bond donors (Lipinski definition) is 1. The first-order valence-electron chi connectivity index (χ1n) is 8.94. The molecule has 2 fully saturated rings. The average molecular weight is 346 g/mol. The van der Waals surface area contributed by atoms with Crippen LogP contribution >= 0.6 is 0 Å². The van der Waals surface area contributed by atoms with Gasteiger partial charge in [0.25, 0.3) is 0 Å². The Morgan fingerprint density at radius 3 is 2.52 bits per heavy atom. The van der Waals surface area contributed by atoms with Gasteiger partial charge in [-0.15, -0.1) is 0 Å². The lowest BCUT2D eigenvalue weighted by Crippen LogP contribution is -2.62. The van der Waals surface area contributed by atoms with Gasteiger partial charge in [0, 0.05) is 16.7 Å². The van der Waals surface area contributed by atoms with Crippen molar-refractivity contribution in [3.05, 3.63) is 35.5 Å². The minimum Gasteiger partial charge on any atom is -0.468 e. The van der Waals surface area contributed by atoms with E-state index >= 15 is 0 Å². The predicted molar refractivity (Wildman–Crippen MR) is 96.8 cm³/mol. The molecule has 1 N–H and O–H groups in total. The summed E-state index contributed by atoms with van der Waals surface area (Å²) < 4.78 is 11.6. The maximum Gasteiger partial charge on any atom is 0.315 e. The van der Waals surface area contributed by atoms with Crippen molar-refractivity contribution < 1.29 is 19.4 Å². The molecule has 0 aromatic rings. The zero-order valence-electron chi connectivity index (χ0n) is 16.3. The maximum absolute atomic E-state index is 12.8. The van der Waals surface area contributed by atoms with Crippen LogP contribution in [0.3, 0.4) is 0 Å². The largest absolute Gasteiger partial charge is 0.468 e. The van der Waals surface area contributed by atoms with E-state index in [9.17, 15) is 9.90 Å². The Balaban J connectivity index is 2.27. The van der Waals surface area contributed by atoms with Gasteiger partial charge in [0.2, 0.25) is 0 Å². The third-order valence-corrected chi connectivity index (χ3v) is 7.45. The molecule has 0 aromatic heterocycles. The fraction of sp³-hybridized carbons (Fsp3) is 0.667. The normalized spacial score (nSPS) is 49.0. The highest BCUT2D eigenvalue weighted by atomic mass is 16.5. The number of methoxy groups -OCH3 is 1. The molecule has 3 aliphatic rings. The summed E-state index contributed by atoms with van der Waals surface area (Å²) in [4.78, 5) is 12.8. The second-order valence-corrected chi connectivity index (χ2v) is 8.57. The first-order valence-corrected chi connectivity index (χ1v) is 8.94. The second-order valence-electron chi connectivity index (χ2n) is 8.57. The third-order valence-electron chi connectivity index (χ3n) is 7.45. The molecular formula is C21H30O4. The molecule has 1 aliphatic heterocycles. The van der Waals surface area contributed by atoms with Crippen LogP contribution in [0.2, 0.25) is 0 Å². The van der Waals surface area contributed by atoms with E-state index in [0.717, 1.165) is 11.1 Å². The summed E-state index contributed by atoms with van der Waals surface area (Å²) in [7, 11) is 1.38. The van der Waals surface area contributed by atoms with E-state index in [1.165, 1.54) is 7.11 Å². The summed E-state index contributed by atoms with van der Waals surface area (Å²) in [6, 6.07) is 0. The van der Waals surface area contributed by atoms with Gasteiger partial charge in [-0.2, -0.15) is 0 Å². The highest BCUT2D eigenvalue weighted by molar-refractivity contribution is 5.80. The van der Waals surface area contributed by atoms with Crippen molar-refractivity contribution in [1.82, 2.24) is 0 Å². The van der Waals surface area contributed by atoms with E-state index in [1.54, 1.807) is 6.92 Å². The van der Waals surface area contributed by atoms with Crippen molar-refractivity contribution in [2.24, 2.45) is 22.2 Å². The topological polar surface area (TPSA) is 55.8 Å². The number of carbonyl (C=O) groups is 1. The third kappa shape index (κ3) is 1.82. The van der Waals surface area contributed by atoms with Crippen molar-refractivity contribution in [3.8, 4) is 0 Å². The molecule has 138 valence electrons. The monoisotopic (exact) mass is 346 g/mol. The number of hydrogen-bond acceptors (Lipinski definition) is 4. The highest BCUT2D eigenvalue weighted by Gasteiger charge is 2.75. The number of carbonyl (C=O) groups excluding carboxylic acids is 1. The summed E-state index contributed by atoms with van der Waals surface area (Å²) in [6.45, 7) is 16.5. The number of esters is 1. The van der Waals surface area contributed by atoms with E-state index in [4.69, 9.17) is 9.47 Å². The molecule has 7 atom stereocenters. The van der Waals surface area contributed by atoms with Gasteiger partial charge in [0.15, 0.2) is 0 Å². The van der Waals surface area contributed by atoms with Gasteiger partial charge >= 0.3 is 5.97 Å². The van der Waals surface area contributed by atoms with Crippen molar-refractivity contribution in [3.63, 3.8) is 0 Å². The van der Waals surface area contributed by atoms with Gasteiger partial charge < -0.3 is 14.6 Å². The summed E-state index contributed by atoms with van der Waals surface area (Å²) in [5, 5.41) is 11.0.